The number of nitrogens with zero attached hydrogens (tertiary/aromatic N) is 1. The second kappa shape index (κ2) is 5.92. The summed E-state index contributed by atoms with van der Waals surface area (Å²) in [7, 11) is 0. The first-order valence-electron chi connectivity index (χ1n) is 6.14. The molecule has 0 unspecified atom stereocenters. The Morgan fingerprint density at radius 1 is 1.45 bits per heavy atom. The van der Waals surface area contributed by atoms with E-state index < -0.39 is 5.97 Å². The summed E-state index contributed by atoms with van der Waals surface area (Å²) >= 11 is 1.57. The van der Waals surface area contributed by atoms with Gasteiger partial charge in [0.15, 0.2) is 5.76 Å². The second-order valence-electron chi connectivity index (χ2n) is 4.61. The molecule has 106 valence electrons. The Kier molecular flexibility index (Phi) is 4.24. The van der Waals surface area contributed by atoms with Crippen LogP contribution < -0.4 is 0 Å². The third-order valence-corrected chi connectivity index (χ3v) is 3.71. The standard InChI is InChI=1S/C14H15NO4S/c1-9(2)15(7-11-4-3-5-20-11)13(16)12-6-10(8-19-12)14(17)18/h3-6,8-9H,7H2,1-2H3,(H,17,18). The van der Waals surface area contributed by atoms with Crippen LogP contribution in [0.15, 0.2) is 34.3 Å². The topological polar surface area (TPSA) is 70.8 Å². The Labute approximate surface area is 120 Å². The van der Waals surface area contributed by atoms with Gasteiger partial charge < -0.3 is 14.4 Å². The van der Waals surface area contributed by atoms with Crippen molar-refractivity contribution in [2.45, 2.75) is 26.4 Å². The molecule has 1 N–H and O–H groups in total. The van der Waals surface area contributed by atoms with E-state index in [4.69, 9.17) is 9.52 Å². The zero-order valence-corrected chi connectivity index (χ0v) is 12.0. The smallest absolute Gasteiger partial charge is 0.338 e. The molecule has 2 rings (SSSR count). The number of furan rings is 1. The van der Waals surface area contributed by atoms with E-state index in [1.165, 1.54) is 6.07 Å². The molecule has 0 aromatic carbocycles. The summed E-state index contributed by atoms with van der Waals surface area (Å²) < 4.78 is 5.07. The minimum Gasteiger partial charge on any atom is -0.478 e. The highest BCUT2D eigenvalue weighted by Crippen LogP contribution is 2.18. The first kappa shape index (κ1) is 14.3. The van der Waals surface area contributed by atoms with E-state index in [-0.39, 0.29) is 23.3 Å². The molecule has 20 heavy (non-hydrogen) atoms. The normalized spacial score (nSPS) is 10.8. The van der Waals surface area contributed by atoms with Crippen molar-refractivity contribution in [2.75, 3.05) is 0 Å². The van der Waals surface area contributed by atoms with Gasteiger partial charge >= 0.3 is 5.97 Å². The highest BCUT2D eigenvalue weighted by molar-refractivity contribution is 7.09. The van der Waals surface area contributed by atoms with E-state index in [9.17, 15) is 9.59 Å². The van der Waals surface area contributed by atoms with Crippen molar-refractivity contribution < 1.29 is 19.1 Å². The number of aromatic carboxylic acids is 1. The van der Waals surface area contributed by atoms with Crippen LogP contribution in [0.4, 0.5) is 0 Å². The van der Waals surface area contributed by atoms with Crippen LogP contribution in [0.2, 0.25) is 0 Å². The van der Waals surface area contributed by atoms with Crippen molar-refractivity contribution in [3.63, 3.8) is 0 Å². The molecule has 0 saturated heterocycles. The van der Waals surface area contributed by atoms with E-state index in [0.29, 0.717) is 6.54 Å². The van der Waals surface area contributed by atoms with Crippen LogP contribution in [-0.4, -0.2) is 27.9 Å². The lowest BCUT2D eigenvalue weighted by molar-refractivity contribution is 0.0657. The molecule has 2 aromatic rings. The molecule has 0 aliphatic carbocycles. The summed E-state index contributed by atoms with van der Waals surface area (Å²) in [5.41, 5.74) is -0.0202. The second-order valence-corrected chi connectivity index (χ2v) is 5.64. The predicted octanol–water partition coefficient (Wildman–Crippen LogP) is 3.09. The van der Waals surface area contributed by atoms with Crippen LogP contribution in [0.1, 0.15) is 39.6 Å². The summed E-state index contributed by atoms with van der Waals surface area (Å²) in [4.78, 5) is 25.9. The minimum absolute atomic E-state index is 0.0111. The Balaban J connectivity index is 2.19. The maximum atomic E-state index is 12.4. The number of carbonyl (C=O) groups excluding carboxylic acids is 1. The van der Waals surface area contributed by atoms with Crippen LogP contribution in [0.5, 0.6) is 0 Å². The van der Waals surface area contributed by atoms with Crippen molar-refractivity contribution in [3.8, 4) is 0 Å². The maximum Gasteiger partial charge on any atom is 0.338 e. The Bertz CT molecular complexity index is 600. The molecule has 5 nitrogen and oxygen atoms in total. The quantitative estimate of drug-likeness (QED) is 0.919. The molecular weight excluding hydrogens is 278 g/mol. The van der Waals surface area contributed by atoms with Crippen LogP contribution in [0.3, 0.4) is 0 Å². The fourth-order valence-corrected chi connectivity index (χ4v) is 2.46. The van der Waals surface area contributed by atoms with E-state index in [0.717, 1.165) is 11.1 Å². The monoisotopic (exact) mass is 293 g/mol. The number of hydrogen-bond acceptors (Lipinski definition) is 4. The first-order valence-corrected chi connectivity index (χ1v) is 7.02. The van der Waals surface area contributed by atoms with Gasteiger partial charge in [-0.3, -0.25) is 4.79 Å². The zero-order chi connectivity index (χ0) is 14.7. The molecule has 0 atom stereocenters. The van der Waals surface area contributed by atoms with E-state index in [2.05, 4.69) is 0 Å². The van der Waals surface area contributed by atoms with Gasteiger partial charge in [-0.1, -0.05) is 6.07 Å². The number of thiophene rings is 1. The summed E-state index contributed by atoms with van der Waals surface area (Å²) in [5, 5.41) is 10.8. The largest absolute Gasteiger partial charge is 0.478 e. The summed E-state index contributed by atoms with van der Waals surface area (Å²) in [6.45, 7) is 4.30. The molecule has 2 aromatic heterocycles. The lowest BCUT2D eigenvalue weighted by Gasteiger charge is -2.25. The SMILES string of the molecule is CC(C)N(Cc1cccs1)C(=O)c1cc(C(=O)O)co1. The predicted molar refractivity (Wildman–Crippen MR) is 75.0 cm³/mol. The van der Waals surface area contributed by atoms with Gasteiger partial charge in [-0.2, -0.15) is 0 Å². The number of amides is 1. The van der Waals surface area contributed by atoms with Gasteiger partial charge in [0.2, 0.25) is 0 Å². The molecule has 0 aliphatic heterocycles. The zero-order valence-electron chi connectivity index (χ0n) is 11.2. The van der Waals surface area contributed by atoms with Gasteiger partial charge in [0.05, 0.1) is 12.1 Å². The van der Waals surface area contributed by atoms with Crippen LogP contribution >= 0.6 is 11.3 Å². The van der Waals surface area contributed by atoms with Gasteiger partial charge in [0.1, 0.15) is 6.26 Å². The van der Waals surface area contributed by atoms with E-state index in [1.54, 1.807) is 16.2 Å². The molecular formula is C14H15NO4S. The van der Waals surface area contributed by atoms with Crippen molar-refractivity contribution in [1.82, 2.24) is 4.90 Å². The minimum atomic E-state index is -1.11. The fourth-order valence-electron chi connectivity index (χ4n) is 1.76. The molecule has 1 amide bonds. The summed E-state index contributed by atoms with van der Waals surface area (Å²) in [6.07, 6.45) is 1.08. The highest BCUT2D eigenvalue weighted by Gasteiger charge is 2.23. The number of hydrogen-bond donors (Lipinski definition) is 1. The van der Waals surface area contributed by atoms with E-state index in [1.807, 2.05) is 31.4 Å². The number of carbonyl (C=O) groups is 2. The molecule has 0 aliphatic rings. The average Bonchev–Trinajstić information content (AvgIpc) is 3.06. The molecule has 0 spiro atoms. The Morgan fingerprint density at radius 3 is 2.70 bits per heavy atom. The summed E-state index contributed by atoms with van der Waals surface area (Å²) in [6, 6.07) is 5.13. The van der Waals surface area contributed by atoms with Crippen LogP contribution in [-0.2, 0) is 6.54 Å². The third kappa shape index (κ3) is 3.08. The van der Waals surface area contributed by atoms with Crippen molar-refractivity contribution in [2.24, 2.45) is 0 Å². The fraction of sp³-hybridized carbons (Fsp3) is 0.286. The maximum absolute atomic E-state index is 12.4. The molecule has 0 bridgehead atoms. The van der Waals surface area contributed by atoms with Crippen LogP contribution in [0, 0.1) is 0 Å². The lowest BCUT2D eigenvalue weighted by Crippen LogP contribution is -2.35. The molecule has 2 heterocycles. The Morgan fingerprint density at radius 2 is 2.20 bits per heavy atom. The molecule has 6 heteroatoms. The molecule has 0 saturated carbocycles. The molecule has 0 radical (unpaired) electrons. The van der Waals surface area contributed by atoms with Gasteiger partial charge in [-0.05, 0) is 25.3 Å². The molecule has 0 fully saturated rings. The lowest BCUT2D eigenvalue weighted by atomic mass is 10.2. The number of carboxylic acid groups (broad SMARTS) is 1. The van der Waals surface area contributed by atoms with Gasteiger partial charge in [-0.15, -0.1) is 11.3 Å². The van der Waals surface area contributed by atoms with E-state index >= 15 is 0 Å². The number of rotatable bonds is 5. The van der Waals surface area contributed by atoms with Crippen molar-refractivity contribution >= 4 is 23.2 Å². The average molecular weight is 293 g/mol. The highest BCUT2D eigenvalue weighted by atomic mass is 32.1. The number of carboxylic acids is 1. The van der Waals surface area contributed by atoms with Gasteiger partial charge in [0, 0.05) is 17.0 Å². The first-order chi connectivity index (χ1) is 9.49. The summed E-state index contributed by atoms with van der Waals surface area (Å²) in [5.74, 6) is -1.37. The van der Waals surface area contributed by atoms with Crippen molar-refractivity contribution in [1.29, 1.82) is 0 Å². The third-order valence-electron chi connectivity index (χ3n) is 2.85. The van der Waals surface area contributed by atoms with Gasteiger partial charge in [-0.25, -0.2) is 4.79 Å². The van der Waals surface area contributed by atoms with Gasteiger partial charge in [0.25, 0.3) is 5.91 Å². The Hall–Kier alpha value is -2.08. The van der Waals surface area contributed by atoms with Crippen molar-refractivity contribution in [3.05, 3.63) is 46.0 Å². The van der Waals surface area contributed by atoms with Crippen LogP contribution in [0.25, 0.3) is 0 Å².